The lowest BCUT2D eigenvalue weighted by Gasteiger charge is -2.27. The van der Waals surface area contributed by atoms with Crippen molar-refractivity contribution in [3.63, 3.8) is 0 Å². The molecule has 0 aromatic heterocycles. The van der Waals surface area contributed by atoms with Gasteiger partial charge in [-0.1, -0.05) is 0 Å². The third-order valence-electron chi connectivity index (χ3n) is 3.97. The minimum atomic E-state index is -0.404. The van der Waals surface area contributed by atoms with Gasteiger partial charge in [0.05, 0.1) is 25.5 Å². The van der Waals surface area contributed by atoms with Crippen molar-refractivity contribution in [2.24, 2.45) is 0 Å². The van der Waals surface area contributed by atoms with Gasteiger partial charge in [0.25, 0.3) is 0 Å². The molecule has 0 heterocycles. The van der Waals surface area contributed by atoms with Gasteiger partial charge in [0.2, 0.25) is 0 Å². The fraction of sp³-hybridized carbons (Fsp3) is 0. The van der Waals surface area contributed by atoms with Crippen LogP contribution < -0.4 is 10.4 Å². The van der Waals surface area contributed by atoms with Crippen molar-refractivity contribution in [2.75, 3.05) is 4.90 Å². The molecule has 0 saturated carbocycles. The summed E-state index contributed by atoms with van der Waals surface area (Å²) in [7, 11) is 5.57. The van der Waals surface area contributed by atoms with Gasteiger partial charge in [0.1, 0.15) is 42.3 Å². The van der Waals surface area contributed by atoms with Gasteiger partial charge >= 0.3 is 0 Å². The Labute approximate surface area is 180 Å². The molecule has 3 rings (SSSR count). The second-order valence-corrected chi connectivity index (χ2v) is 7.39. The van der Waals surface area contributed by atoms with E-state index in [1.54, 1.807) is 22.6 Å². The van der Waals surface area contributed by atoms with Gasteiger partial charge < -0.3 is 35.5 Å². The van der Waals surface area contributed by atoms with Crippen LogP contribution in [0.1, 0.15) is 0 Å². The van der Waals surface area contributed by atoms with Crippen molar-refractivity contribution in [3.8, 4) is 34.5 Å². The van der Waals surface area contributed by atoms with Crippen molar-refractivity contribution in [1.29, 1.82) is 0 Å². The Morgan fingerprint density at radius 3 is 1.36 bits per heavy atom. The largest absolute Gasteiger partial charge is 0.508 e. The molecule has 3 aromatic rings. The lowest BCUT2D eigenvalue weighted by molar-refractivity contribution is 0.429. The van der Waals surface area contributed by atoms with Gasteiger partial charge in [-0.3, -0.25) is 0 Å². The molecule has 0 unspecified atom stereocenters. The summed E-state index contributed by atoms with van der Waals surface area (Å²) in [5, 5.41) is 60.3. The Kier molecular flexibility index (Phi) is 5.35. The number of halogens is 1. The highest BCUT2D eigenvalue weighted by Crippen LogP contribution is 2.45. The van der Waals surface area contributed by atoms with Gasteiger partial charge in [0.15, 0.2) is 0 Å². The van der Waals surface area contributed by atoms with Gasteiger partial charge in [-0.05, 0) is 28.1 Å². The van der Waals surface area contributed by atoms with Crippen LogP contribution in [0, 0.1) is 3.57 Å². The first-order valence-electron chi connectivity index (χ1n) is 7.68. The van der Waals surface area contributed by atoms with Crippen molar-refractivity contribution in [2.45, 2.75) is 4.90 Å². The molecule has 0 aliphatic carbocycles. The van der Waals surface area contributed by atoms with Gasteiger partial charge in [-0.15, -0.1) is 12.6 Å². The van der Waals surface area contributed by atoms with Gasteiger partial charge in [0, 0.05) is 36.4 Å². The zero-order valence-corrected chi connectivity index (χ0v) is 17.0. The van der Waals surface area contributed by atoms with Crippen LogP contribution in [0.25, 0.3) is 0 Å². The van der Waals surface area contributed by atoms with Crippen molar-refractivity contribution in [3.05, 3.63) is 40.0 Å². The summed E-state index contributed by atoms with van der Waals surface area (Å²) in [6.07, 6.45) is 0. The number of phenols is 6. The summed E-state index contributed by atoms with van der Waals surface area (Å²) >= 11 is 5.76. The Morgan fingerprint density at radius 2 is 0.964 bits per heavy atom. The van der Waals surface area contributed by atoms with Crippen LogP contribution in [-0.4, -0.2) is 38.5 Å². The van der Waals surface area contributed by atoms with Crippen LogP contribution in [0.5, 0.6) is 34.5 Å². The molecule has 0 saturated heterocycles. The molecule has 0 atom stereocenters. The molecule has 10 heteroatoms. The predicted molar refractivity (Wildman–Crippen MR) is 116 cm³/mol. The van der Waals surface area contributed by atoms with Crippen LogP contribution in [-0.2, 0) is 0 Å². The molecule has 0 fully saturated rings. The minimum absolute atomic E-state index is 0.0417. The van der Waals surface area contributed by atoms with E-state index in [4.69, 9.17) is 7.85 Å². The van der Waals surface area contributed by atoms with E-state index in [1.807, 2.05) is 0 Å². The molecule has 0 aliphatic heterocycles. The Bertz CT molecular complexity index is 888. The number of hydrogen-bond acceptors (Lipinski definition) is 8. The molecule has 142 valence electrons. The Hall–Kier alpha value is -2.60. The molecule has 0 amide bonds. The molecular formula is C18H13BINO6S. The Morgan fingerprint density at radius 1 is 0.643 bits per heavy atom. The number of hydrogen-bond donors (Lipinski definition) is 7. The summed E-state index contributed by atoms with van der Waals surface area (Å²) in [6.45, 7) is 0. The smallest absolute Gasteiger partial charge is 0.134 e. The average Bonchev–Trinajstić information content (AvgIpc) is 2.62. The number of phenolic OH excluding ortho intramolecular Hbond substituents is 6. The number of benzene rings is 3. The lowest BCUT2D eigenvalue weighted by Crippen LogP contribution is -2.12. The maximum Gasteiger partial charge on any atom is 0.134 e. The van der Waals surface area contributed by atoms with Crippen molar-refractivity contribution in [1.82, 2.24) is 0 Å². The predicted octanol–water partition coefficient (Wildman–Crippen LogP) is 3.08. The summed E-state index contributed by atoms with van der Waals surface area (Å²) in [6, 6.07) is 7.69. The lowest BCUT2D eigenvalue weighted by atomic mass is 9.93. The SMILES string of the molecule is [B]c1c(O)cc(N(c2cc(O)c(S)c(O)c2)c2cc(O)c(I)c(O)c2)cc1O. The second kappa shape index (κ2) is 7.43. The van der Waals surface area contributed by atoms with E-state index >= 15 is 0 Å². The molecule has 6 N–H and O–H groups in total. The van der Waals surface area contributed by atoms with Crippen LogP contribution >= 0.6 is 35.2 Å². The van der Waals surface area contributed by atoms with Crippen LogP contribution in [0.4, 0.5) is 17.1 Å². The quantitative estimate of drug-likeness (QED) is 0.165. The first kappa shape index (κ1) is 20.1. The highest BCUT2D eigenvalue weighted by Gasteiger charge is 2.20. The van der Waals surface area contributed by atoms with E-state index in [-0.39, 0.29) is 54.0 Å². The summed E-state index contributed by atoms with van der Waals surface area (Å²) in [4.78, 5) is 1.32. The van der Waals surface area contributed by atoms with E-state index < -0.39 is 11.5 Å². The van der Waals surface area contributed by atoms with E-state index in [1.165, 1.54) is 41.3 Å². The standard InChI is InChI=1S/C18H13BINO6S/c19-16-10(22)1-7(2-11(16)23)21(8-3-12(24)17(20)13(25)4-8)9-5-14(26)18(28)15(27)6-9/h1-6,22-28H. The van der Waals surface area contributed by atoms with Crippen molar-refractivity contribution < 1.29 is 30.6 Å². The number of anilines is 3. The number of nitrogens with zero attached hydrogens (tertiary/aromatic N) is 1. The third-order valence-corrected chi connectivity index (χ3v) is 5.53. The summed E-state index contributed by atoms with van der Waals surface area (Å²) in [5.41, 5.74) is 0.351. The molecular weight excluding hydrogens is 496 g/mol. The van der Waals surface area contributed by atoms with E-state index in [0.717, 1.165) is 0 Å². The zero-order chi connectivity index (χ0) is 20.7. The maximum absolute atomic E-state index is 10.1. The topological polar surface area (TPSA) is 125 Å². The second-order valence-electron chi connectivity index (χ2n) is 5.86. The maximum atomic E-state index is 10.1. The molecule has 7 nitrogen and oxygen atoms in total. The third kappa shape index (κ3) is 3.57. The fourth-order valence-corrected chi connectivity index (χ4v) is 3.05. The monoisotopic (exact) mass is 509 g/mol. The van der Waals surface area contributed by atoms with E-state index in [2.05, 4.69) is 12.6 Å². The van der Waals surface area contributed by atoms with Crippen LogP contribution in [0.15, 0.2) is 41.3 Å². The molecule has 0 bridgehead atoms. The molecule has 3 aromatic carbocycles. The minimum Gasteiger partial charge on any atom is -0.508 e. The van der Waals surface area contributed by atoms with Gasteiger partial charge in [-0.25, -0.2) is 0 Å². The number of thiol groups is 1. The average molecular weight is 509 g/mol. The highest BCUT2D eigenvalue weighted by atomic mass is 127. The molecule has 0 aliphatic rings. The summed E-state index contributed by atoms with van der Waals surface area (Å²) < 4.78 is 0.223. The van der Waals surface area contributed by atoms with Crippen molar-refractivity contribution >= 4 is 65.6 Å². The van der Waals surface area contributed by atoms with Crippen LogP contribution in [0.2, 0.25) is 0 Å². The fourth-order valence-electron chi connectivity index (χ4n) is 2.61. The van der Waals surface area contributed by atoms with Gasteiger partial charge in [-0.2, -0.15) is 0 Å². The first-order chi connectivity index (χ1) is 13.1. The number of rotatable bonds is 3. The van der Waals surface area contributed by atoms with Crippen LogP contribution in [0.3, 0.4) is 0 Å². The summed E-state index contributed by atoms with van der Waals surface area (Å²) in [5.74, 6) is -1.90. The highest BCUT2D eigenvalue weighted by molar-refractivity contribution is 14.1. The first-order valence-corrected chi connectivity index (χ1v) is 9.20. The number of aromatic hydroxyl groups is 6. The van der Waals surface area contributed by atoms with E-state index in [9.17, 15) is 30.6 Å². The molecule has 2 radical (unpaired) electrons. The molecule has 28 heavy (non-hydrogen) atoms. The zero-order valence-electron chi connectivity index (χ0n) is 14.0. The Balaban J connectivity index is 2.32. The molecule has 0 spiro atoms. The normalized spacial score (nSPS) is 10.8. The van der Waals surface area contributed by atoms with E-state index in [0.29, 0.717) is 0 Å².